The van der Waals surface area contributed by atoms with Gasteiger partial charge in [0.05, 0.1) is 10.5 Å². The fourth-order valence-electron chi connectivity index (χ4n) is 2.53. The lowest BCUT2D eigenvalue weighted by Crippen LogP contribution is -2.37. The highest BCUT2D eigenvalue weighted by Gasteiger charge is 2.34. The summed E-state index contributed by atoms with van der Waals surface area (Å²) >= 11 is 0.864. The van der Waals surface area contributed by atoms with Crippen molar-refractivity contribution in [2.45, 2.75) is 6.92 Å². The molecule has 5 nitrogen and oxygen atoms in total. The summed E-state index contributed by atoms with van der Waals surface area (Å²) in [5.41, 5.74) is 1.86. The Bertz CT molecular complexity index is 925. The Kier molecular flexibility index (Phi) is 5.71. The van der Waals surface area contributed by atoms with Crippen molar-refractivity contribution in [3.63, 3.8) is 0 Å². The summed E-state index contributed by atoms with van der Waals surface area (Å²) in [5, 5.41) is 2.13. The Morgan fingerprint density at radius 2 is 1.85 bits per heavy atom. The predicted molar refractivity (Wildman–Crippen MR) is 103 cm³/mol. The number of nitrogens with one attached hydrogen (secondary N) is 1. The second kappa shape index (κ2) is 8.18. The lowest BCUT2D eigenvalue weighted by molar-refractivity contribution is -0.122. The highest BCUT2D eigenvalue weighted by Crippen LogP contribution is 2.31. The van der Waals surface area contributed by atoms with Gasteiger partial charge in [-0.3, -0.25) is 19.3 Å². The van der Waals surface area contributed by atoms with Crippen LogP contribution >= 0.6 is 11.8 Å². The molecule has 1 aliphatic heterocycles. The van der Waals surface area contributed by atoms with Crippen LogP contribution in [0.15, 0.2) is 53.4 Å². The molecule has 2 aromatic rings. The number of benzene rings is 2. The van der Waals surface area contributed by atoms with E-state index in [0.29, 0.717) is 4.91 Å². The number of hydrogen-bond acceptors (Lipinski definition) is 4. The van der Waals surface area contributed by atoms with Gasteiger partial charge in [0.1, 0.15) is 5.82 Å². The summed E-state index contributed by atoms with van der Waals surface area (Å²) in [6.07, 6.45) is 1.67. The van der Waals surface area contributed by atoms with E-state index >= 15 is 0 Å². The van der Waals surface area contributed by atoms with Crippen molar-refractivity contribution in [1.29, 1.82) is 0 Å². The van der Waals surface area contributed by atoms with Gasteiger partial charge in [-0.1, -0.05) is 42.0 Å². The maximum atomic E-state index is 13.6. The molecule has 0 atom stereocenters. The van der Waals surface area contributed by atoms with Crippen LogP contribution in [0.4, 0.5) is 9.18 Å². The number of halogens is 1. The lowest BCUT2D eigenvalue weighted by Gasteiger charge is -2.13. The topological polar surface area (TPSA) is 66.5 Å². The zero-order valence-corrected chi connectivity index (χ0v) is 15.4. The highest BCUT2D eigenvalue weighted by molar-refractivity contribution is 8.18. The molecule has 3 rings (SSSR count). The predicted octanol–water partition coefficient (Wildman–Crippen LogP) is 3.60. The van der Waals surface area contributed by atoms with E-state index in [0.717, 1.165) is 27.8 Å². The zero-order valence-electron chi connectivity index (χ0n) is 14.6. The molecule has 0 saturated carbocycles. The minimum Gasteiger partial charge on any atom is -0.350 e. The van der Waals surface area contributed by atoms with Gasteiger partial charge in [0, 0.05) is 13.1 Å². The van der Waals surface area contributed by atoms with Gasteiger partial charge in [0.25, 0.3) is 17.1 Å². The number of carbonyl (C=O) groups excluding carboxylic acids is 3. The fourth-order valence-corrected chi connectivity index (χ4v) is 3.39. The van der Waals surface area contributed by atoms with E-state index in [1.807, 2.05) is 31.2 Å². The smallest absolute Gasteiger partial charge is 0.293 e. The summed E-state index contributed by atoms with van der Waals surface area (Å²) in [4.78, 5) is 37.9. The first-order valence-electron chi connectivity index (χ1n) is 8.30. The summed E-state index contributed by atoms with van der Waals surface area (Å²) in [7, 11) is 0. The van der Waals surface area contributed by atoms with Gasteiger partial charge in [-0.05, 0) is 42.5 Å². The minimum absolute atomic E-state index is 0.0239. The molecule has 0 aromatic heterocycles. The Balaban J connectivity index is 1.60. The first kappa shape index (κ1) is 18.8. The molecule has 0 spiro atoms. The monoisotopic (exact) mass is 384 g/mol. The number of thioether (sulfide) groups is 1. The number of hydrogen-bond donors (Lipinski definition) is 1. The average molecular weight is 384 g/mol. The molecule has 7 heteroatoms. The molecule has 27 heavy (non-hydrogen) atoms. The largest absolute Gasteiger partial charge is 0.350 e. The molecule has 3 amide bonds. The van der Waals surface area contributed by atoms with E-state index in [2.05, 4.69) is 5.32 Å². The zero-order chi connectivity index (χ0) is 19.4. The Labute approximate surface area is 160 Å². The third-order valence-electron chi connectivity index (χ3n) is 3.99. The molecule has 0 unspecified atom stereocenters. The number of imide groups is 1. The van der Waals surface area contributed by atoms with Crippen LogP contribution in [0.1, 0.15) is 21.5 Å². The highest BCUT2D eigenvalue weighted by atomic mass is 32.2. The Morgan fingerprint density at radius 1 is 1.15 bits per heavy atom. The van der Waals surface area contributed by atoms with E-state index < -0.39 is 22.9 Å². The van der Waals surface area contributed by atoms with Crippen LogP contribution in [0.2, 0.25) is 0 Å². The van der Waals surface area contributed by atoms with Gasteiger partial charge in [0.15, 0.2) is 0 Å². The molecule has 0 aliphatic carbocycles. The van der Waals surface area contributed by atoms with Gasteiger partial charge in [-0.2, -0.15) is 0 Å². The summed E-state index contributed by atoms with van der Waals surface area (Å²) in [5.74, 6) is -1.61. The summed E-state index contributed by atoms with van der Waals surface area (Å²) in [6, 6.07) is 13.2. The Hall–Kier alpha value is -2.93. The van der Waals surface area contributed by atoms with Crippen molar-refractivity contribution < 1.29 is 18.8 Å². The standard InChI is InChI=1S/C20H17FN2O3S/c1-13-6-8-14(9-7-13)12-17-19(25)23(20(26)27-17)11-10-22-18(24)15-4-2-3-5-16(15)21/h2-9,12H,10-11H2,1H3,(H,22,24). The third-order valence-corrected chi connectivity index (χ3v) is 4.90. The molecular formula is C20H17FN2O3S. The SMILES string of the molecule is Cc1ccc(C=C2SC(=O)N(CCNC(=O)c3ccccc3F)C2=O)cc1. The maximum absolute atomic E-state index is 13.6. The van der Waals surface area contributed by atoms with E-state index in [-0.39, 0.29) is 18.7 Å². The van der Waals surface area contributed by atoms with Crippen molar-refractivity contribution in [2.24, 2.45) is 0 Å². The molecule has 1 heterocycles. The third kappa shape index (κ3) is 4.43. The van der Waals surface area contributed by atoms with Crippen molar-refractivity contribution in [3.8, 4) is 0 Å². The first-order chi connectivity index (χ1) is 13.0. The van der Waals surface area contributed by atoms with Crippen molar-refractivity contribution in [3.05, 3.63) is 75.9 Å². The molecule has 1 fully saturated rings. The number of aryl methyl sites for hydroxylation is 1. The van der Waals surface area contributed by atoms with Gasteiger partial charge < -0.3 is 5.32 Å². The summed E-state index contributed by atoms with van der Waals surface area (Å²) in [6.45, 7) is 2.03. The van der Waals surface area contributed by atoms with Crippen LogP contribution in [0.5, 0.6) is 0 Å². The maximum Gasteiger partial charge on any atom is 0.293 e. The Morgan fingerprint density at radius 3 is 2.56 bits per heavy atom. The van der Waals surface area contributed by atoms with Crippen molar-refractivity contribution in [2.75, 3.05) is 13.1 Å². The number of carbonyl (C=O) groups is 3. The molecule has 138 valence electrons. The number of amides is 3. The lowest BCUT2D eigenvalue weighted by atomic mass is 10.1. The van der Waals surface area contributed by atoms with Gasteiger partial charge in [-0.15, -0.1) is 0 Å². The molecule has 1 saturated heterocycles. The molecule has 2 aromatic carbocycles. The van der Waals surface area contributed by atoms with Crippen LogP contribution in [0.3, 0.4) is 0 Å². The van der Waals surface area contributed by atoms with E-state index in [4.69, 9.17) is 0 Å². The van der Waals surface area contributed by atoms with Crippen molar-refractivity contribution in [1.82, 2.24) is 10.2 Å². The molecule has 1 aliphatic rings. The summed E-state index contributed by atoms with van der Waals surface area (Å²) < 4.78 is 13.6. The second-order valence-electron chi connectivity index (χ2n) is 5.98. The van der Waals surface area contributed by atoms with Crippen molar-refractivity contribution >= 4 is 34.9 Å². The van der Waals surface area contributed by atoms with Crippen LogP contribution in [-0.4, -0.2) is 35.0 Å². The van der Waals surface area contributed by atoms with E-state index in [1.54, 1.807) is 12.1 Å². The van der Waals surface area contributed by atoms with E-state index in [9.17, 15) is 18.8 Å². The van der Waals surface area contributed by atoms with Crippen LogP contribution in [0.25, 0.3) is 6.08 Å². The number of nitrogens with zero attached hydrogens (tertiary/aromatic N) is 1. The molecule has 0 radical (unpaired) electrons. The molecule has 1 N–H and O–H groups in total. The van der Waals surface area contributed by atoms with Crippen LogP contribution in [-0.2, 0) is 4.79 Å². The van der Waals surface area contributed by atoms with Crippen LogP contribution in [0, 0.1) is 12.7 Å². The van der Waals surface area contributed by atoms with Gasteiger partial charge >= 0.3 is 0 Å². The van der Waals surface area contributed by atoms with E-state index in [1.165, 1.54) is 18.2 Å². The minimum atomic E-state index is -0.623. The van der Waals surface area contributed by atoms with Gasteiger partial charge in [-0.25, -0.2) is 4.39 Å². The molecule has 0 bridgehead atoms. The second-order valence-corrected chi connectivity index (χ2v) is 6.97. The normalized spacial score (nSPS) is 15.5. The quantitative estimate of drug-likeness (QED) is 0.800. The average Bonchev–Trinajstić information content (AvgIpc) is 2.91. The first-order valence-corrected chi connectivity index (χ1v) is 9.12. The fraction of sp³-hybridized carbons (Fsp3) is 0.150. The van der Waals surface area contributed by atoms with Gasteiger partial charge in [0.2, 0.25) is 0 Å². The van der Waals surface area contributed by atoms with Crippen LogP contribution < -0.4 is 5.32 Å². The molecular weight excluding hydrogens is 367 g/mol. The number of rotatable bonds is 5.